The molecule has 0 bridgehead atoms. The summed E-state index contributed by atoms with van der Waals surface area (Å²) in [5.74, 6) is -0.337. The fraction of sp³-hybridized carbons (Fsp3) is 0.846. The van der Waals surface area contributed by atoms with E-state index in [0.717, 1.165) is 18.6 Å². The van der Waals surface area contributed by atoms with Crippen LogP contribution in [0.4, 0.5) is 4.79 Å². The van der Waals surface area contributed by atoms with Gasteiger partial charge in [0.25, 0.3) is 0 Å². The van der Waals surface area contributed by atoms with E-state index in [-0.39, 0.29) is 18.6 Å². The van der Waals surface area contributed by atoms with Gasteiger partial charge in [0.15, 0.2) is 0 Å². The molecular weight excluding hydrogens is 264 g/mol. The molecule has 0 rings (SSSR count). The van der Waals surface area contributed by atoms with Crippen LogP contribution in [-0.2, 0) is 4.79 Å². The van der Waals surface area contributed by atoms with E-state index in [4.69, 9.17) is 5.11 Å². The molecule has 19 heavy (non-hydrogen) atoms. The Kier molecular flexibility index (Phi) is 9.47. The van der Waals surface area contributed by atoms with Gasteiger partial charge in [-0.15, -0.1) is 0 Å². The van der Waals surface area contributed by atoms with Crippen LogP contribution in [0.5, 0.6) is 0 Å². The van der Waals surface area contributed by atoms with Gasteiger partial charge < -0.3 is 15.3 Å². The molecule has 0 aromatic heterocycles. The molecule has 0 spiro atoms. The molecule has 5 nitrogen and oxygen atoms in total. The van der Waals surface area contributed by atoms with Crippen LogP contribution in [0.3, 0.4) is 0 Å². The van der Waals surface area contributed by atoms with Gasteiger partial charge in [0.1, 0.15) is 0 Å². The maximum atomic E-state index is 11.9. The zero-order chi connectivity index (χ0) is 14.8. The number of nitrogens with zero attached hydrogens (tertiary/aromatic N) is 1. The third kappa shape index (κ3) is 7.30. The van der Waals surface area contributed by atoms with Gasteiger partial charge in [0.05, 0.1) is 5.92 Å². The summed E-state index contributed by atoms with van der Waals surface area (Å²) in [5.41, 5.74) is 0. The van der Waals surface area contributed by atoms with E-state index in [1.165, 1.54) is 0 Å². The van der Waals surface area contributed by atoms with Crippen molar-refractivity contribution in [1.82, 2.24) is 10.2 Å². The van der Waals surface area contributed by atoms with Crippen LogP contribution in [0.15, 0.2) is 0 Å². The molecule has 0 saturated carbocycles. The fourth-order valence-corrected chi connectivity index (χ4v) is 2.26. The van der Waals surface area contributed by atoms with Crippen molar-refractivity contribution in [2.75, 3.05) is 25.6 Å². The monoisotopic (exact) mass is 290 g/mol. The van der Waals surface area contributed by atoms with E-state index in [1.54, 1.807) is 23.7 Å². The minimum atomic E-state index is -0.847. The number of hydrogen-bond acceptors (Lipinski definition) is 3. The number of carbonyl (C=O) groups excluding carboxylic acids is 1. The van der Waals surface area contributed by atoms with Crippen molar-refractivity contribution in [1.29, 1.82) is 0 Å². The fourth-order valence-electron chi connectivity index (χ4n) is 1.68. The Morgan fingerprint density at radius 1 is 1.37 bits per heavy atom. The van der Waals surface area contributed by atoms with Gasteiger partial charge in [0.2, 0.25) is 0 Å². The zero-order valence-electron chi connectivity index (χ0n) is 12.3. The number of amides is 2. The number of carboxylic acids is 1. The third-order valence-electron chi connectivity index (χ3n) is 3.21. The largest absolute Gasteiger partial charge is 0.481 e. The van der Waals surface area contributed by atoms with Crippen LogP contribution in [0.2, 0.25) is 0 Å². The first-order valence-electron chi connectivity index (χ1n) is 6.66. The van der Waals surface area contributed by atoms with Gasteiger partial charge in [0, 0.05) is 19.6 Å². The van der Waals surface area contributed by atoms with Crippen LogP contribution in [0, 0.1) is 5.92 Å². The van der Waals surface area contributed by atoms with E-state index in [9.17, 15) is 9.59 Å². The van der Waals surface area contributed by atoms with E-state index >= 15 is 0 Å². The number of aliphatic carboxylic acids is 1. The van der Waals surface area contributed by atoms with E-state index in [0.29, 0.717) is 6.42 Å². The smallest absolute Gasteiger partial charge is 0.317 e. The summed E-state index contributed by atoms with van der Waals surface area (Å²) < 4.78 is 0. The quantitative estimate of drug-likeness (QED) is 0.683. The van der Waals surface area contributed by atoms with Gasteiger partial charge in [-0.3, -0.25) is 4.79 Å². The van der Waals surface area contributed by atoms with Crippen LogP contribution >= 0.6 is 11.8 Å². The van der Waals surface area contributed by atoms with E-state index in [2.05, 4.69) is 5.32 Å². The molecule has 0 fully saturated rings. The van der Waals surface area contributed by atoms with Crippen molar-refractivity contribution < 1.29 is 14.7 Å². The maximum absolute atomic E-state index is 11.9. The molecule has 0 heterocycles. The Morgan fingerprint density at radius 2 is 2.00 bits per heavy atom. The highest BCUT2D eigenvalue weighted by Crippen LogP contribution is 2.08. The van der Waals surface area contributed by atoms with E-state index < -0.39 is 11.9 Å². The molecule has 0 aromatic carbocycles. The zero-order valence-corrected chi connectivity index (χ0v) is 13.1. The molecule has 0 radical (unpaired) electrons. The lowest BCUT2D eigenvalue weighted by Crippen LogP contribution is -2.44. The normalized spacial score (nSPS) is 13.7. The molecule has 112 valence electrons. The van der Waals surface area contributed by atoms with Crippen molar-refractivity contribution in [2.24, 2.45) is 5.92 Å². The molecule has 0 aliphatic carbocycles. The first-order valence-corrected chi connectivity index (χ1v) is 8.05. The van der Waals surface area contributed by atoms with Gasteiger partial charge in [-0.1, -0.05) is 13.3 Å². The lowest BCUT2D eigenvalue weighted by Gasteiger charge is -2.25. The lowest BCUT2D eigenvalue weighted by molar-refractivity contribution is -0.141. The molecule has 0 aliphatic rings. The summed E-state index contributed by atoms with van der Waals surface area (Å²) in [6.45, 7) is 4.13. The van der Waals surface area contributed by atoms with Gasteiger partial charge in [-0.05, 0) is 31.8 Å². The van der Waals surface area contributed by atoms with Crippen molar-refractivity contribution >= 4 is 23.8 Å². The van der Waals surface area contributed by atoms with Crippen molar-refractivity contribution in [3.8, 4) is 0 Å². The summed E-state index contributed by atoms with van der Waals surface area (Å²) in [6, 6.07) is -0.0436. The molecule has 0 saturated heterocycles. The molecule has 2 atom stereocenters. The lowest BCUT2D eigenvalue weighted by atomic mass is 10.0. The molecule has 0 aromatic rings. The van der Waals surface area contributed by atoms with Gasteiger partial charge in [-0.25, -0.2) is 4.79 Å². The van der Waals surface area contributed by atoms with Gasteiger partial charge >= 0.3 is 12.0 Å². The summed E-state index contributed by atoms with van der Waals surface area (Å²) in [4.78, 5) is 24.5. The van der Waals surface area contributed by atoms with Crippen LogP contribution in [0.1, 0.15) is 33.1 Å². The standard InChI is InChI=1S/C13H26N2O3S/c1-5-6-11(12(16)17)9-14-13(18)15(3)10(2)7-8-19-4/h10-11H,5-9H2,1-4H3,(H,14,18)(H,16,17). The first kappa shape index (κ1) is 18.1. The number of nitrogens with one attached hydrogen (secondary N) is 1. The number of carbonyl (C=O) groups is 2. The highest BCUT2D eigenvalue weighted by atomic mass is 32.2. The van der Waals surface area contributed by atoms with Crippen LogP contribution < -0.4 is 5.32 Å². The second-order valence-electron chi connectivity index (χ2n) is 4.75. The second-order valence-corrected chi connectivity index (χ2v) is 5.74. The number of urea groups is 1. The number of hydrogen-bond donors (Lipinski definition) is 2. The minimum Gasteiger partial charge on any atom is -0.481 e. The number of thioether (sulfide) groups is 1. The highest BCUT2D eigenvalue weighted by Gasteiger charge is 2.20. The second kappa shape index (κ2) is 9.95. The van der Waals surface area contributed by atoms with Crippen molar-refractivity contribution in [3.05, 3.63) is 0 Å². The van der Waals surface area contributed by atoms with Gasteiger partial charge in [-0.2, -0.15) is 11.8 Å². The maximum Gasteiger partial charge on any atom is 0.317 e. The topological polar surface area (TPSA) is 69.6 Å². The van der Waals surface area contributed by atoms with Crippen molar-refractivity contribution in [2.45, 2.75) is 39.2 Å². The Morgan fingerprint density at radius 3 is 2.47 bits per heavy atom. The SMILES string of the molecule is CCCC(CNC(=O)N(C)C(C)CCSC)C(=O)O. The molecule has 0 aliphatic heterocycles. The first-order chi connectivity index (χ1) is 8.93. The molecule has 2 N–H and O–H groups in total. The Hall–Kier alpha value is -0.910. The summed E-state index contributed by atoms with van der Waals surface area (Å²) in [5, 5.41) is 11.7. The Bertz CT molecular complexity index is 287. The molecule has 2 unspecified atom stereocenters. The molecule has 6 heteroatoms. The Labute approximate surface area is 120 Å². The number of rotatable bonds is 9. The minimum absolute atomic E-state index is 0.155. The third-order valence-corrected chi connectivity index (χ3v) is 3.85. The summed E-state index contributed by atoms with van der Waals surface area (Å²) >= 11 is 1.75. The summed E-state index contributed by atoms with van der Waals surface area (Å²) in [7, 11) is 1.75. The Balaban J connectivity index is 4.17. The number of carboxylic acid groups (broad SMARTS) is 1. The molecule has 2 amide bonds. The van der Waals surface area contributed by atoms with Crippen LogP contribution in [0.25, 0.3) is 0 Å². The summed E-state index contributed by atoms with van der Waals surface area (Å²) in [6.07, 6.45) is 4.35. The molecular formula is C13H26N2O3S. The highest BCUT2D eigenvalue weighted by molar-refractivity contribution is 7.98. The van der Waals surface area contributed by atoms with E-state index in [1.807, 2.05) is 20.1 Å². The predicted molar refractivity (Wildman–Crippen MR) is 79.7 cm³/mol. The van der Waals surface area contributed by atoms with Crippen molar-refractivity contribution in [3.63, 3.8) is 0 Å². The van der Waals surface area contributed by atoms with Crippen LogP contribution in [-0.4, -0.2) is 53.6 Å². The average Bonchev–Trinajstić information content (AvgIpc) is 2.38. The predicted octanol–water partition coefficient (Wildman–Crippen LogP) is 2.27. The average molecular weight is 290 g/mol.